The molecule has 1 heterocycles. The van der Waals surface area contributed by atoms with Crippen LogP contribution in [0, 0.1) is 11.7 Å². The van der Waals surface area contributed by atoms with Gasteiger partial charge in [0.05, 0.1) is 6.54 Å². The van der Waals surface area contributed by atoms with Crippen LogP contribution in [0.4, 0.5) is 4.39 Å². The van der Waals surface area contributed by atoms with E-state index in [2.05, 4.69) is 19.2 Å². The highest BCUT2D eigenvalue weighted by Gasteiger charge is 2.37. The van der Waals surface area contributed by atoms with Crippen LogP contribution in [0.15, 0.2) is 24.3 Å². The number of carbonyl (C=O) groups excluding carboxylic acids is 1. The molecule has 1 N–H and O–H groups in total. The van der Waals surface area contributed by atoms with Gasteiger partial charge in [0.15, 0.2) is 0 Å². The highest BCUT2D eigenvalue weighted by molar-refractivity contribution is 5.81. The molecule has 1 aromatic carbocycles. The molecule has 0 aliphatic carbocycles. The number of hydrogen-bond acceptors (Lipinski definition) is 2. The maximum atomic E-state index is 13.9. The molecule has 3 nitrogen and oxygen atoms in total. The van der Waals surface area contributed by atoms with Gasteiger partial charge >= 0.3 is 0 Å². The Labute approximate surface area is 113 Å². The fourth-order valence-corrected chi connectivity index (χ4v) is 2.55. The van der Waals surface area contributed by atoms with Gasteiger partial charge in [-0.3, -0.25) is 10.1 Å². The molecule has 0 aromatic heterocycles. The number of nitrogens with zero attached hydrogens (tertiary/aromatic N) is 1. The number of rotatable bonds is 4. The van der Waals surface area contributed by atoms with Gasteiger partial charge in [-0.15, -0.1) is 0 Å². The largest absolute Gasteiger partial charge is 0.319 e. The molecule has 1 aliphatic rings. The Hall–Kier alpha value is -1.42. The first-order valence-electron chi connectivity index (χ1n) is 6.85. The second-order valence-corrected chi connectivity index (χ2v) is 5.23. The average molecular weight is 264 g/mol. The third-order valence-electron chi connectivity index (χ3n) is 4.12. The second kappa shape index (κ2) is 5.70. The van der Waals surface area contributed by atoms with Crippen molar-refractivity contribution in [2.75, 3.05) is 6.54 Å². The van der Waals surface area contributed by atoms with Crippen molar-refractivity contribution in [2.24, 2.45) is 5.92 Å². The molecule has 0 saturated carbocycles. The molecule has 3 unspecified atom stereocenters. The predicted octanol–water partition coefficient (Wildman–Crippen LogP) is 2.69. The summed E-state index contributed by atoms with van der Waals surface area (Å²) in [5.41, 5.74) is 0.545. The second-order valence-electron chi connectivity index (χ2n) is 5.23. The molecule has 3 atom stereocenters. The number of carbonyl (C=O) groups is 1. The van der Waals surface area contributed by atoms with Crippen molar-refractivity contribution in [3.63, 3.8) is 0 Å². The van der Waals surface area contributed by atoms with Crippen LogP contribution in [0.25, 0.3) is 0 Å². The molecule has 1 amide bonds. The smallest absolute Gasteiger partial charge is 0.238 e. The van der Waals surface area contributed by atoms with Crippen LogP contribution < -0.4 is 5.32 Å². The van der Waals surface area contributed by atoms with E-state index in [1.165, 1.54) is 6.07 Å². The van der Waals surface area contributed by atoms with Crippen molar-refractivity contribution in [3.8, 4) is 0 Å². The minimum Gasteiger partial charge on any atom is -0.319 e. The zero-order valence-electron chi connectivity index (χ0n) is 11.7. The third kappa shape index (κ3) is 2.63. The zero-order chi connectivity index (χ0) is 14.0. The fourth-order valence-electron chi connectivity index (χ4n) is 2.55. The van der Waals surface area contributed by atoms with Crippen LogP contribution in [0.5, 0.6) is 0 Å². The first kappa shape index (κ1) is 14.0. The molecule has 1 fully saturated rings. The van der Waals surface area contributed by atoms with Gasteiger partial charge in [-0.2, -0.15) is 0 Å². The fraction of sp³-hybridized carbons (Fsp3) is 0.533. The lowest BCUT2D eigenvalue weighted by Crippen LogP contribution is -2.41. The molecule has 2 rings (SSSR count). The Morgan fingerprint density at radius 1 is 1.42 bits per heavy atom. The summed E-state index contributed by atoms with van der Waals surface area (Å²) in [6, 6.07) is 6.73. The van der Waals surface area contributed by atoms with E-state index in [0.717, 1.165) is 6.42 Å². The minimum atomic E-state index is -0.349. The van der Waals surface area contributed by atoms with Gasteiger partial charge in [-0.05, 0) is 18.9 Å². The lowest BCUT2D eigenvalue weighted by atomic mass is 9.98. The molecule has 1 aliphatic heterocycles. The van der Waals surface area contributed by atoms with Crippen LogP contribution in [0.2, 0.25) is 0 Å². The lowest BCUT2D eigenvalue weighted by Gasteiger charge is -2.34. The van der Waals surface area contributed by atoms with Crippen molar-refractivity contribution in [1.82, 2.24) is 10.2 Å². The van der Waals surface area contributed by atoms with Gasteiger partial charge in [0.2, 0.25) is 5.91 Å². The minimum absolute atomic E-state index is 0.0426. The number of hydrogen-bond donors (Lipinski definition) is 1. The van der Waals surface area contributed by atoms with Gasteiger partial charge in [0.25, 0.3) is 0 Å². The number of nitrogens with one attached hydrogen (secondary N) is 1. The van der Waals surface area contributed by atoms with Crippen molar-refractivity contribution in [2.45, 2.75) is 39.4 Å². The van der Waals surface area contributed by atoms with Gasteiger partial charge in [0, 0.05) is 11.6 Å². The molecule has 4 heteroatoms. The molecule has 1 saturated heterocycles. The number of benzene rings is 1. The van der Waals surface area contributed by atoms with E-state index in [1.807, 2.05) is 6.92 Å². The van der Waals surface area contributed by atoms with Crippen LogP contribution in [0.1, 0.15) is 38.9 Å². The van der Waals surface area contributed by atoms with Crippen molar-refractivity contribution < 1.29 is 9.18 Å². The summed E-state index contributed by atoms with van der Waals surface area (Å²) in [7, 11) is 0. The molecule has 0 spiro atoms. The summed E-state index contributed by atoms with van der Waals surface area (Å²) < 4.78 is 13.9. The van der Waals surface area contributed by atoms with Gasteiger partial charge in [-0.1, -0.05) is 38.5 Å². The standard InChI is InChI=1S/C15H21FN2O/c1-4-10(2)11(3)18-14(19)9-17-15(18)12-7-5-6-8-13(12)16/h5-8,10-11,15,17H,4,9H2,1-3H3. The summed E-state index contributed by atoms with van der Waals surface area (Å²) in [6.45, 7) is 6.54. The zero-order valence-corrected chi connectivity index (χ0v) is 11.7. The first-order valence-corrected chi connectivity index (χ1v) is 6.85. The highest BCUT2D eigenvalue weighted by atomic mass is 19.1. The maximum Gasteiger partial charge on any atom is 0.238 e. The molecule has 19 heavy (non-hydrogen) atoms. The Morgan fingerprint density at radius 2 is 2.11 bits per heavy atom. The van der Waals surface area contributed by atoms with E-state index in [-0.39, 0.29) is 30.5 Å². The van der Waals surface area contributed by atoms with Crippen molar-refractivity contribution >= 4 is 5.91 Å². The Balaban J connectivity index is 2.30. The first-order chi connectivity index (χ1) is 9.06. The molecule has 1 aromatic rings. The molecule has 0 radical (unpaired) electrons. The molecule has 0 bridgehead atoms. The Bertz CT molecular complexity index is 463. The lowest BCUT2D eigenvalue weighted by molar-refractivity contribution is -0.131. The summed E-state index contributed by atoms with van der Waals surface area (Å²) in [5.74, 6) is 0.162. The third-order valence-corrected chi connectivity index (χ3v) is 4.12. The summed E-state index contributed by atoms with van der Waals surface area (Å²) >= 11 is 0. The average Bonchev–Trinajstić information content (AvgIpc) is 2.79. The van der Waals surface area contributed by atoms with E-state index in [4.69, 9.17) is 0 Å². The molecular weight excluding hydrogens is 243 g/mol. The van der Waals surface area contributed by atoms with Crippen molar-refractivity contribution in [1.29, 1.82) is 0 Å². The van der Waals surface area contributed by atoms with Gasteiger partial charge in [-0.25, -0.2) is 4.39 Å². The van der Waals surface area contributed by atoms with E-state index in [1.54, 1.807) is 23.1 Å². The topological polar surface area (TPSA) is 32.3 Å². The predicted molar refractivity (Wildman–Crippen MR) is 72.9 cm³/mol. The summed E-state index contributed by atoms with van der Waals surface area (Å²) in [4.78, 5) is 13.9. The van der Waals surface area contributed by atoms with Crippen LogP contribution in [-0.4, -0.2) is 23.4 Å². The normalized spacial score (nSPS) is 22.6. The Kier molecular flexibility index (Phi) is 4.20. The van der Waals surface area contributed by atoms with E-state index in [9.17, 15) is 9.18 Å². The number of amides is 1. The molecule has 104 valence electrons. The monoisotopic (exact) mass is 264 g/mol. The molecular formula is C15H21FN2O. The van der Waals surface area contributed by atoms with Gasteiger partial charge < -0.3 is 4.90 Å². The maximum absolute atomic E-state index is 13.9. The van der Waals surface area contributed by atoms with E-state index in [0.29, 0.717) is 11.5 Å². The van der Waals surface area contributed by atoms with E-state index < -0.39 is 0 Å². The summed E-state index contributed by atoms with van der Waals surface area (Å²) in [6.07, 6.45) is 0.646. The van der Waals surface area contributed by atoms with Crippen LogP contribution >= 0.6 is 0 Å². The van der Waals surface area contributed by atoms with E-state index >= 15 is 0 Å². The van der Waals surface area contributed by atoms with Crippen LogP contribution in [-0.2, 0) is 4.79 Å². The Morgan fingerprint density at radius 3 is 2.74 bits per heavy atom. The SMILES string of the molecule is CCC(C)C(C)N1C(=O)CNC1c1ccccc1F. The quantitative estimate of drug-likeness (QED) is 0.907. The van der Waals surface area contributed by atoms with Crippen molar-refractivity contribution in [3.05, 3.63) is 35.6 Å². The number of halogens is 1. The summed E-state index contributed by atoms with van der Waals surface area (Å²) in [5, 5.41) is 3.11. The van der Waals surface area contributed by atoms with Crippen LogP contribution in [0.3, 0.4) is 0 Å². The highest BCUT2D eigenvalue weighted by Crippen LogP contribution is 2.29. The van der Waals surface area contributed by atoms with Gasteiger partial charge in [0.1, 0.15) is 12.0 Å².